The minimum atomic E-state index is -0.639. The highest BCUT2D eigenvalue weighted by Crippen LogP contribution is 2.27. The largest absolute Gasteiger partial charge is 0.457 e. The van der Waals surface area contributed by atoms with Crippen molar-refractivity contribution in [2.75, 3.05) is 18.4 Å². The predicted octanol–water partition coefficient (Wildman–Crippen LogP) is 4.92. The number of likely N-dealkylation sites (tertiary alicyclic amines) is 1. The van der Waals surface area contributed by atoms with Crippen LogP contribution in [0.15, 0.2) is 85.2 Å². The number of aromatic nitrogens is 2. The topological polar surface area (TPSA) is 94.7 Å². The summed E-state index contributed by atoms with van der Waals surface area (Å²) in [6.45, 7) is 3.51. The number of hydrogen-bond acceptors (Lipinski definition) is 6. The van der Waals surface area contributed by atoms with Gasteiger partial charge in [0, 0.05) is 31.2 Å². The summed E-state index contributed by atoms with van der Waals surface area (Å²) < 4.78 is 7.56. The van der Waals surface area contributed by atoms with Gasteiger partial charge in [0.1, 0.15) is 17.5 Å². The van der Waals surface area contributed by atoms with Gasteiger partial charge in [0.2, 0.25) is 0 Å². The van der Waals surface area contributed by atoms with E-state index in [2.05, 4.69) is 33.6 Å². The number of anilines is 1. The molecule has 1 aliphatic heterocycles. The molecule has 2 aromatic heterocycles. The van der Waals surface area contributed by atoms with Gasteiger partial charge in [-0.1, -0.05) is 25.1 Å². The number of nitrogens with one attached hydrogen (secondary N) is 2. The van der Waals surface area contributed by atoms with Crippen molar-refractivity contribution in [3.05, 3.63) is 90.8 Å². The standard InChI is InChI=1S/C29H30N6O2/c1-21-7-6-16-34(20-24(18-30)33-29(36)22-17-25-8-5-15-31-35(25)19-22)28(21)32-23-11-13-27(14-12-23)37-26-9-3-2-4-10-26/h2-5,8-15,17,19,21,24,28,32H,6-7,16,20H2,1H3,(H,33,36). The molecule has 37 heavy (non-hydrogen) atoms. The Balaban J connectivity index is 1.23. The number of hydrogen-bond donors (Lipinski definition) is 2. The number of carbonyl (C=O) groups is 1. The number of nitriles is 1. The van der Waals surface area contributed by atoms with Crippen molar-refractivity contribution < 1.29 is 9.53 Å². The van der Waals surface area contributed by atoms with Gasteiger partial charge in [-0.15, -0.1) is 0 Å². The lowest BCUT2D eigenvalue weighted by Gasteiger charge is -2.41. The third-order valence-corrected chi connectivity index (χ3v) is 6.70. The molecular formula is C29H30N6O2. The first-order valence-corrected chi connectivity index (χ1v) is 12.6. The third kappa shape index (κ3) is 5.90. The van der Waals surface area contributed by atoms with E-state index in [1.54, 1.807) is 23.0 Å². The Kier molecular flexibility index (Phi) is 7.33. The summed E-state index contributed by atoms with van der Waals surface area (Å²) in [5.74, 6) is 1.67. The summed E-state index contributed by atoms with van der Waals surface area (Å²) in [5.41, 5.74) is 2.30. The molecule has 1 fully saturated rings. The number of carbonyl (C=O) groups excluding carboxylic acids is 1. The Bertz CT molecular complexity index is 1350. The molecular weight excluding hydrogens is 464 g/mol. The van der Waals surface area contributed by atoms with E-state index in [1.165, 1.54) is 0 Å². The van der Waals surface area contributed by atoms with Gasteiger partial charge in [-0.05, 0) is 73.4 Å². The fraction of sp³-hybridized carbons (Fsp3) is 0.276. The molecule has 5 rings (SSSR count). The maximum Gasteiger partial charge on any atom is 0.253 e. The maximum absolute atomic E-state index is 12.9. The first kappa shape index (κ1) is 24.3. The van der Waals surface area contributed by atoms with E-state index in [9.17, 15) is 10.1 Å². The van der Waals surface area contributed by atoms with Gasteiger partial charge in [0.25, 0.3) is 5.91 Å². The molecule has 1 aliphatic rings. The van der Waals surface area contributed by atoms with Crippen molar-refractivity contribution in [1.82, 2.24) is 19.8 Å². The summed E-state index contributed by atoms with van der Waals surface area (Å²) >= 11 is 0. The highest BCUT2D eigenvalue weighted by atomic mass is 16.5. The lowest BCUT2D eigenvalue weighted by atomic mass is 9.95. The van der Waals surface area contributed by atoms with Crippen LogP contribution in [0, 0.1) is 17.2 Å². The average molecular weight is 495 g/mol. The van der Waals surface area contributed by atoms with Gasteiger partial charge < -0.3 is 15.4 Å². The first-order chi connectivity index (χ1) is 18.1. The molecule has 0 bridgehead atoms. The molecule has 3 atom stereocenters. The fourth-order valence-electron chi connectivity index (χ4n) is 4.79. The Morgan fingerprint density at radius 3 is 2.68 bits per heavy atom. The maximum atomic E-state index is 12.9. The number of amides is 1. The molecule has 1 amide bonds. The number of para-hydroxylation sites is 1. The van der Waals surface area contributed by atoms with Crippen molar-refractivity contribution in [3.8, 4) is 17.6 Å². The number of nitrogens with zero attached hydrogens (tertiary/aromatic N) is 4. The second-order valence-corrected chi connectivity index (χ2v) is 9.42. The van der Waals surface area contributed by atoms with Gasteiger partial charge in [0.05, 0.1) is 23.3 Å². The van der Waals surface area contributed by atoms with Gasteiger partial charge in [-0.2, -0.15) is 10.4 Å². The lowest BCUT2D eigenvalue weighted by Crippen LogP contribution is -2.54. The number of rotatable bonds is 8. The zero-order chi connectivity index (χ0) is 25.6. The summed E-state index contributed by atoms with van der Waals surface area (Å²) in [4.78, 5) is 15.1. The van der Waals surface area contributed by atoms with Crippen LogP contribution in [0.1, 0.15) is 30.1 Å². The molecule has 8 heteroatoms. The minimum absolute atomic E-state index is 0.0451. The zero-order valence-corrected chi connectivity index (χ0v) is 20.7. The zero-order valence-electron chi connectivity index (χ0n) is 20.7. The van der Waals surface area contributed by atoms with Crippen LogP contribution in [0.4, 0.5) is 5.69 Å². The lowest BCUT2D eigenvalue weighted by molar-refractivity contribution is 0.0893. The Labute approximate surface area is 216 Å². The molecule has 3 heterocycles. The molecule has 0 radical (unpaired) electrons. The normalized spacial score (nSPS) is 18.6. The fourth-order valence-corrected chi connectivity index (χ4v) is 4.79. The molecule has 1 saturated heterocycles. The van der Waals surface area contributed by atoms with Gasteiger partial charge >= 0.3 is 0 Å². The monoisotopic (exact) mass is 494 g/mol. The number of fused-ring (bicyclic) bond motifs is 1. The molecule has 188 valence electrons. The highest BCUT2D eigenvalue weighted by molar-refractivity contribution is 5.95. The number of piperidine rings is 1. The van der Waals surface area contributed by atoms with Crippen LogP contribution in [0.3, 0.4) is 0 Å². The third-order valence-electron chi connectivity index (χ3n) is 6.70. The average Bonchev–Trinajstić information content (AvgIpc) is 3.36. The summed E-state index contributed by atoms with van der Waals surface area (Å²) in [5, 5.41) is 20.6. The van der Waals surface area contributed by atoms with Gasteiger partial charge in [-0.25, -0.2) is 4.52 Å². The molecule has 3 unspecified atom stereocenters. The molecule has 0 spiro atoms. The van der Waals surface area contributed by atoms with Crippen LogP contribution in [0.2, 0.25) is 0 Å². The van der Waals surface area contributed by atoms with Crippen LogP contribution in [0.5, 0.6) is 11.5 Å². The number of benzene rings is 2. The molecule has 0 aliphatic carbocycles. The van der Waals surface area contributed by atoms with Gasteiger partial charge in [-0.3, -0.25) is 9.69 Å². The smallest absolute Gasteiger partial charge is 0.253 e. The van der Waals surface area contributed by atoms with E-state index in [1.807, 2.05) is 66.7 Å². The van der Waals surface area contributed by atoms with Crippen molar-refractivity contribution in [1.29, 1.82) is 5.26 Å². The molecule has 8 nitrogen and oxygen atoms in total. The van der Waals surface area contributed by atoms with Crippen molar-refractivity contribution in [2.24, 2.45) is 5.92 Å². The predicted molar refractivity (Wildman–Crippen MR) is 142 cm³/mol. The first-order valence-electron chi connectivity index (χ1n) is 12.6. The van der Waals surface area contributed by atoms with Crippen LogP contribution in [-0.2, 0) is 0 Å². The van der Waals surface area contributed by atoms with Crippen LogP contribution in [0.25, 0.3) is 5.52 Å². The minimum Gasteiger partial charge on any atom is -0.457 e. The molecule has 2 aromatic carbocycles. The molecule has 4 aromatic rings. The van der Waals surface area contributed by atoms with E-state index < -0.39 is 6.04 Å². The van der Waals surface area contributed by atoms with E-state index >= 15 is 0 Å². The SMILES string of the molecule is CC1CCCN(CC(C#N)NC(=O)c2cc3cccnn3c2)C1Nc1ccc(Oc2ccccc2)cc1. The summed E-state index contributed by atoms with van der Waals surface area (Å²) in [6.07, 6.45) is 5.53. The Morgan fingerprint density at radius 1 is 1.14 bits per heavy atom. The highest BCUT2D eigenvalue weighted by Gasteiger charge is 2.30. The molecule has 0 saturated carbocycles. The van der Waals surface area contributed by atoms with Crippen molar-refractivity contribution in [2.45, 2.75) is 32.0 Å². The Hall–Kier alpha value is -4.35. The van der Waals surface area contributed by atoms with E-state index in [0.717, 1.165) is 42.1 Å². The van der Waals surface area contributed by atoms with Crippen LogP contribution < -0.4 is 15.4 Å². The summed E-state index contributed by atoms with van der Waals surface area (Å²) in [6, 6.07) is 24.7. The second kappa shape index (κ2) is 11.1. The quantitative estimate of drug-likeness (QED) is 0.361. The van der Waals surface area contributed by atoms with Crippen molar-refractivity contribution in [3.63, 3.8) is 0 Å². The molecule has 2 N–H and O–H groups in total. The summed E-state index contributed by atoms with van der Waals surface area (Å²) in [7, 11) is 0. The van der Waals surface area contributed by atoms with E-state index in [0.29, 0.717) is 18.0 Å². The van der Waals surface area contributed by atoms with E-state index in [4.69, 9.17) is 4.74 Å². The van der Waals surface area contributed by atoms with Crippen molar-refractivity contribution >= 4 is 17.1 Å². The van der Waals surface area contributed by atoms with Crippen LogP contribution in [-0.4, -0.2) is 45.7 Å². The van der Waals surface area contributed by atoms with Crippen LogP contribution >= 0.6 is 0 Å². The Morgan fingerprint density at radius 2 is 1.92 bits per heavy atom. The van der Waals surface area contributed by atoms with Gasteiger partial charge in [0.15, 0.2) is 0 Å². The number of ether oxygens (including phenoxy) is 1. The van der Waals surface area contributed by atoms with E-state index in [-0.39, 0.29) is 12.1 Å². The second-order valence-electron chi connectivity index (χ2n) is 9.42.